The fourth-order valence-electron chi connectivity index (χ4n) is 2.01. The van der Waals surface area contributed by atoms with Crippen molar-refractivity contribution < 1.29 is 11.2 Å². The standard InChI is InChI=1S/C19H16FN/c1-14-13-21-19(16-7-9-18(20)10-8-16)12-17(14)11-15-5-3-2-4-6-15/h2-10,12-13H,11H2,1H3/i1D3,11D2. The Kier molecular flexibility index (Phi) is 2.44. The van der Waals surface area contributed by atoms with Crippen molar-refractivity contribution in [2.75, 3.05) is 0 Å². The van der Waals surface area contributed by atoms with Gasteiger partial charge in [0.2, 0.25) is 0 Å². The van der Waals surface area contributed by atoms with Crippen LogP contribution in [0.25, 0.3) is 11.3 Å². The predicted octanol–water partition coefficient (Wildman–Crippen LogP) is 4.79. The second kappa shape index (κ2) is 5.88. The SMILES string of the molecule is [2H]C([2H])([2H])c1cnc(-c2ccc(F)cc2)cc1C([2H])([2H])c1ccccc1. The van der Waals surface area contributed by atoms with Gasteiger partial charge >= 0.3 is 0 Å². The number of rotatable bonds is 3. The Morgan fingerprint density at radius 2 is 1.86 bits per heavy atom. The number of benzene rings is 2. The normalized spacial score (nSPS) is 15.4. The van der Waals surface area contributed by atoms with Gasteiger partial charge in [0.25, 0.3) is 0 Å². The van der Waals surface area contributed by atoms with Crippen LogP contribution >= 0.6 is 0 Å². The number of hydrogen-bond acceptors (Lipinski definition) is 1. The highest BCUT2D eigenvalue weighted by Gasteiger charge is 2.05. The number of halogens is 1. The van der Waals surface area contributed by atoms with Gasteiger partial charge in [-0.3, -0.25) is 4.98 Å². The molecule has 0 fully saturated rings. The van der Waals surface area contributed by atoms with Crippen molar-refractivity contribution in [1.29, 1.82) is 0 Å². The molecule has 3 rings (SSSR count). The molecule has 0 spiro atoms. The fraction of sp³-hybridized carbons (Fsp3) is 0.105. The maximum absolute atomic E-state index is 13.2. The van der Waals surface area contributed by atoms with E-state index in [0.29, 0.717) is 16.8 Å². The first-order valence-electron chi connectivity index (χ1n) is 9.02. The van der Waals surface area contributed by atoms with Crippen molar-refractivity contribution in [2.45, 2.75) is 13.2 Å². The summed E-state index contributed by atoms with van der Waals surface area (Å²) >= 11 is 0. The molecule has 1 heterocycles. The maximum atomic E-state index is 13.2. The Morgan fingerprint density at radius 3 is 2.57 bits per heavy atom. The third-order valence-corrected chi connectivity index (χ3v) is 3.10. The first-order chi connectivity index (χ1) is 12.2. The van der Waals surface area contributed by atoms with Crippen LogP contribution in [0.1, 0.15) is 23.5 Å². The number of hydrogen-bond donors (Lipinski definition) is 0. The summed E-state index contributed by atoms with van der Waals surface area (Å²) < 4.78 is 53.5. The Bertz CT molecular complexity index is 905. The fourth-order valence-corrected chi connectivity index (χ4v) is 2.01. The van der Waals surface area contributed by atoms with Crippen LogP contribution in [0.4, 0.5) is 4.39 Å². The summed E-state index contributed by atoms with van der Waals surface area (Å²) in [4.78, 5) is 4.16. The predicted molar refractivity (Wildman–Crippen MR) is 83.6 cm³/mol. The molecule has 2 heteroatoms. The van der Waals surface area contributed by atoms with Gasteiger partial charge in [-0.1, -0.05) is 30.3 Å². The molecule has 0 unspecified atom stereocenters. The van der Waals surface area contributed by atoms with Crippen LogP contribution in [-0.2, 0) is 6.37 Å². The van der Waals surface area contributed by atoms with E-state index in [0.717, 1.165) is 0 Å². The molecule has 1 aromatic heterocycles. The minimum absolute atomic E-state index is 0.0259. The summed E-state index contributed by atoms with van der Waals surface area (Å²) in [5.74, 6) is -0.396. The largest absolute Gasteiger partial charge is 0.256 e. The molecule has 0 amide bonds. The molecule has 0 aliphatic carbocycles. The van der Waals surface area contributed by atoms with Crippen LogP contribution in [0, 0.1) is 12.7 Å². The van der Waals surface area contributed by atoms with Gasteiger partial charge in [0, 0.05) is 18.6 Å². The van der Waals surface area contributed by atoms with Gasteiger partial charge in [-0.15, -0.1) is 0 Å². The third kappa shape index (κ3) is 3.16. The molecule has 2 aromatic carbocycles. The lowest BCUT2D eigenvalue weighted by molar-refractivity contribution is 0.628. The van der Waals surface area contributed by atoms with Gasteiger partial charge in [0.15, 0.2) is 0 Å². The highest BCUT2D eigenvalue weighted by Crippen LogP contribution is 2.22. The molecule has 3 aromatic rings. The highest BCUT2D eigenvalue weighted by atomic mass is 19.1. The average Bonchev–Trinajstić information content (AvgIpc) is 2.62. The molecule has 0 bridgehead atoms. The molecule has 1 nitrogen and oxygen atoms in total. The average molecular weight is 282 g/mol. The van der Waals surface area contributed by atoms with E-state index in [9.17, 15) is 4.39 Å². The van der Waals surface area contributed by atoms with Crippen LogP contribution in [-0.4, -0.2) is 4.98 Å². The molecule has 104 valence electrons. The summed E-state index contributed by atoms with van der Waals surface area (Å²) in [6.45, 7) is -2.51. The molecule has 0 radical (unpaired) electrons. The molecule has 0 N–H and O–H groups in total. The number of pyridine rings is 1. The van der Waals surface area contributed by atoms with E-state index in [2.05, 4.69) is 4.98 Å². The Labute approximate surface area is 131 Å². The second-order valence-corrected chi connectivity index (χ2v) is 4.61. The first-order valence-corrected chi connectivity index (χ1v) is 6.52. The summed E-state index contributed by atoms with van der Waals surface area (Å²) in [5.41, 5.74) is 1.19. The Morgan fingerprint density at radius 1 is 1.10 bits per heavy atom. The van der Waals surface area contributed by atoms with Crippen molar-refractivity contribution in [1.82, 2.24) is 4.98 Å². The molecular weight excluding hydrogens is 261 g/mol. The van der Waals surface area contributed by atoms with Gasteiger partial charge in [0.1, 0.15) is 5.82 Å². The quantitative estimate of drug-likeness (QED) is 0.673. The van der Waals surface area contributed by atoms with E-state index in [1.54, 1.807) is 30.3 Å². The lowest BCUT2D eigenvalue weighted by atomic mass is 10.00. The Hall–Kier alpha value is -2.48. The van der Waals surface area contributed by atoms with Gasteiger partial charge in [0.05, 0.1) is 5.69 Å². The van der Waals surface area contributed by atoms with Crippen molar-refractivity contribution in [3.8, 4) is 11.3 Å². The smallest absolute Gasteiger partial charge is 0.123 e. The lowest BCUT2D eigenvalue weighted by Crippen LogP contribution is -1.95. The molecule has 0 aliphatic heterocycles. The lowest BCUT2D eigenvalue weighted by Gasteiger charge is -2.09. The number of aromatic nitrogens is 1. The van der Waals surface area contributed by atoms with Gasteiger partial charge in [-0.05, 0) is 60.2 Å². The van der Waals surface area contributed by atoms with Crippen LogP contribution in [0.5, 0.6) is 0 Å². The van der Waals surface area contributed by atoms with Crippen LogP contribution < -0.4 is 0 Å². The monoisotopic (exact) mass is 282 g/mol. The van der Waals surface area contributed by atoms with Crippen LogP contribution in [0.3, 0.4) is 0 Å². The van der Waals surface area contributed by atoms with Crippen molar-refractivity contribution in [3.63, 3.8) is 0 Å². The van der Waals surface area contributed by atoms with Crippen molar-refractivity contribution in [3.05, 3.63) is 89.4 Å². The van der Waals surface area contributed by atoms with E-state index in [1.807, 2.05) is 0 Å². The van der Waals surface area contributed by atoms with E-state index in [-0.39, 0.29) is 11.1 Å². The van der Waals surface area contributed by atoms with E-state index >= 15 is 0 Å². The van der Waals surface area contributed by atoms with Crippen molar-refractivity contribution in [2.24, 2.45) is 0 Å². The zero-order valence-corrected chi connectivity index (χ0v) is 11.2. The minimum Gasteiger partial charge on any atom is -0.256 e. The molecule has 0 saturated heterocycles. The third-order valence-electron chi connectivity index (χ3n) is 3.10. The van der Waals surface area contributed by atoms with Gasteiger partial charge in [-0.25, -0.2) is 4.39 Å². The molecule has 21 heavy (non-hydrogen) atoms. The topological polar surface area (TPSA) is 12.9 Å². The molecule has 0 saturated carbocycles. The van der Waals surface area contributed by atoms with E-state index < -0.39 is 19.0 Å². The van der Waals surface area contributed by atoms with Gasteiger partial charge in [-0.2, -0.15) is 0 Å². The van der Waals surface area contributed by atoms with Gasteiger partial charge < -0.3 is 0 Å². The maximum Gasteiger partial charge on any atom is 0.123 e. The van der Waals surface area contributed by atoms with E-state index in [1.165, 1.54) is 36.5 Å². The zero-order chi connectivity index (χ0) is 18.9. The molecule has 0 atom stereocenters. The molecular formula is C19H16FN. The first kappa shape index (κ1) is 8.73. The summed E-state index contributed by atoms with van der Waals surface area (Å²) in [6.07, 6.45) is -0.843. The highest BCUT2D eigenvalue weighted by molar-refractivity contribution is 5.60. The minimum atomic E-state index is -2.51. The summed E-state index contributed by atoms with van der Waals surface area (Å²) in [7, 11) is 0. The van der Waals surface area contributed by atoms with Crippen LogP contribution in [0.2, 0.25) is 0 Å². The zero-order valence-electron chi connectivity index (χ0n) is 16.2. The van der Waals surface area contributed by atoms with Crippen LogP contribution in [0.15, 0.2) is 66.9 Å². The summed E-state index contributed by atoms with van der Waals surface area (Å²) in [5, 5.41) is 0. The Balaban J connectivity index is 2.20. The van der Waals surface area contributed by atoms with Crippen molar-refractivity contribution >= 4 is 0 Å². The number of aryl methyl sites for hydroxylation is 1. The number of nitrogens with zero attached hydrogens (tertiary/aromatic N) is 1. The second-order valence-electron chi connectivity index (χ2n) is 4.61. The summed E-state index contributed by atoms with van der Waals surface area (Å²) in [6, 6.07) is 15.4. The van der Waals surface area contributed by atoms with E-state index in [4.69, 9.17) is 6.85 Å². The molecule has 0 aliphatic rings.